The molecule has 142 valence electrons. The predicted octanol–water partition coefficient (Wildman–Crippen LogP) is 2.87. The van der Waals surface area contributed by atoms with Crippen LogP contribution >= 0.6 is 0 Å². The fourth-order valence-corrected chi connectivity index (χ4v) is 2.92. The van der Waals surface area contributed by atoms with Gasteiger partial charge in [0.25, 0.3) is 0 Å². The van der Waals surface area contributed by atoms with Gasteiger partial charge in [0.2, 0.25) is 0 Å². The van der Waals surface area contributed by atoms with E-state index in [1.807, 2.05) is 30.3 Å². The molecule has 27 heavy (non-hydrogen) atoms. The lowest BCUT2D eigenvalue weighted by atomic mass is 10.1. The van der Waals surface area contributed by atoms with E-state index in [1.54, 1.807) is 24.3 Å². The number of carbonyl (C=O) groups excluding carboxylic acids is 2. The number of anilines is 1. The molecule has 3 rings (SSSR count). The molecule has 0 saturated carbocycles. The molecule has 0 bridgehead atoms. The number of likely N-dealkylation sites (N-methyl/N-ethyl adjacent to an activating group) is 1. The van der Waals surface area contributed by atoms with Gasteiger partial charge in [-0.2, -0.15) is 0 Å². The highest BCUT2D eigenvalue weighted by Crippen LogP contribution is 2.12. The number of hydrogen-bond donors (Lipinski definition) is 1. The lowest BCUT2D eigenvalue weighted by molar-refractivity contribution is 0.0876. The summed E-state index contributed by atoms with van der Waals surface area (Å²) in [4.78, 5) is 28.7. The van der Waals surface area contributed by atoms with E-state index >= 15 is 0 Å². The highest BCUT2D eigenvalue weighted by atomic mass is 16.5. The maximum absolute atomic E-state index is 12.4. The SMILES string of the molecule is CN1CCN(CC(=O)c2ccc(NC(=O)OCc3ccccc3)cc2)CC1. The normalized spacial score (nSPS) is 15.3. The lowest BCUT2D eigenvalue weighted by Gasteiger charge is -2.31. The van der Waals surface area contributed by atoms with Crippen LogP contribution in [-0.4, -0.2) is 61.4 Å². The molecular formula is C21H25N3O3. The molecule has 1 aliphatic rings. The summed E-state index contributed by atoms with van der Waals surface area (Å²) >= 11 is 0. The minimum atomic E-state index is -0.518. The van der Waals surface area contributed by atoms with Crippen molar-refractivity contribution in [1.29, 1.82) is 0 Å². The predicted molar refractivity (Wildman–Crippen MR) is 105 cm³/mol. The number of rotatable bonds is 6. The summed E-state index contributed by atoms with van der Waals surface area (Å²) in [7, 11) is 2.09. The minimum absolute atomic E-state index is 0.0951. The van der Waals surface area contributed by atoms with E-state index in [0.29, 0.717) is 17.8 Å². The third-order valence-electron chi connectivity index (χ3n) is 4.63. The Hall–Kier alpha value is -2.70. The summed E-state index contributed by atoms with van der Waals surface area (Å²) in [6.07, 6.45) is -0.518. The number of hydrogen-bond acceptors (Lipinski definition) is 5. The van der Waals surface area contributed by atoms with Crippen LogP contribution in [-0.2, 0) is 11.3 Å². The minimum Gasteiger partial charge on any atom is -0.444 e. The van der Waals surface area contributed by atoms with Gasteiger partial charge >= 0.3 is 6.09 Å². The molecule has 0 aromatic heterocycles. The molecule has 6 heteroatoms. The number of ether oxygens (including phenoxy) is 1. The van der Waals surface area contributed by atoms with E-state index < -0.39 is 6.09 Å². The molecule has 1 aliphatic heterocycles. The van der Waals surface area contributed by atoms with Gasteiger partial charge in [0, 0.05) is 37.4 Å². The molecule has 6 nitrogen and oxygen atoms in total. The zero-order chi connectivity index (χ0) is 19.1. The molecule has 0 atom stereocenters. The second-order valence-electron chi connectivity index (χ2n) is 6.77. The van der Waals surface area contributed by atoms with Crippen molar-refractivity contribution in [2.45, 2.75) is 6.61 Å². The Morgan fingerprint density at radius 2 is 1.63 bits per heavy atom. The first kappa shape index (κ1) is 19.1. The average Bonchev–Trinajstić information content (AvgIpc) is 2.69. The van der Waals surface area contributed by atoms with Crippen LogP contribution in [0.3, 0.4) is 0 Å². The highest BCUT2D eigenvalue weighted by molar-refractivity contribution is 5.98. The number of piperazine rings is 1. The number of ketones is 1. The first-order valence-electron chi connectivity index (χ1n) is 9.12. The van der Waals surface area contributed by atoms with Gasteiger partial charge in [-0.05, 0) is 36.9 Å². The van der Waals surface area contributed by atoms with Crippen LogP contribution < -0.4 is 5.32 Å². The van der Waals surface area contributed by atoms with Gasteiger partial charge in [0.1, 0.15) is 6.61 Å². The number of nitrogens with zero attached hydrogens (tertiary/aromatic N) is 2. The summed E-state index contributed by atoms with van der Waals surface area (Å²) in [6.45, 7) is 4.45. The van der Waals surface area contributed by atoms with E-state index in [4.69, 9.17) is 4.74 Å². The first-order chi connectivity index (χ1) is 13.1. The third kappa shape index (κ3) is 5.91. The molecule has 2 aromatic rings. The summed E-state index contributed by atoms with van der Waals surface area (Å²) in [5.74, 6) is 0.0951. The van der Waals surface area contributed by atoms with Gasteiger partial charge < -0.3 is 9.64 Å². The third-order valence-corrected chi connectivity index (χ3v) is 4.63. The molecule has 1 saturated heterocycles. The number of amides is 1. The largest absolute Gasteiger partial charge is 0.444 e. The smallest absolute Gasteiger partial charge is 0.411 e. The molecule has 0 radical (unpaired) electrons. The molecule has 1 N–H and O–H groups in total. The average molecular weight is 367 g/mol. The summed E-state index contributed by atoms with van der Waals surface area (Å²) in [5.41, 5.74) is 2.18. The van der Waals surface area contributed by atoms with Crippen LogP contribution in [0.1, 0.15) is 15.9 Å². The maximum Gasteiger partial charge on any atom is 0.411 e. The molecule has 1 heterocycles. The number of carbonyl (C=O) groups is 2. The van der Waals surface area contributed by atoms with E-state index in [9.17, 15) is 9.59 Å². The molecule has 0 unspecified atom stereocenters. The van der Waals surface area contributed by atoms with Crippen molar-refractivity contribution in [3.63, 3.8) is 0 Å². The van der Waals surface area contributed by atoms with E-state index in [2.05, 4.69) is 22.2 Å². The van der Waals surface area contributed by atoms with E-state index in [1.165, 1.54) is 0 Å². The standard InChI is InChI=1S/C21H25N3O3/c1-23-11-13-24(14-12-23)15-20(25)18-7-9-19(10-8-18)22-21(26)27-16-17-5-3-2-4-6-17/h2-10H,11-16H2,1H3,(H,22,26). The quantitative estimate of drug-likeness (QED) is 0.796. The summed E-state index contributed by atoms with van der Waals surface area (Å²) in [6, 6.07) is 16.4. The van der Waals surface area contributed by atoms with Crippen molar-refractivity contribution in [2.75, 3.05) is 45.1 Å². The van der Waals surface area contributed by atoms with Crippen LogP contribution in [0.2, 0.25) is 0 Å². The Labute approximate surface area is 159 Å². The fraction of sp³-hybridized carbons (Fsp3) is 0.333. The van der Waals surface area contributed by atoms with Gasteiger partial charge in [-0.3, -0.25) is 15.0 Å². The van der Waals surface area contributed by atoms with Crippen molar-refractivity contribution in [3.8, 4) is 0 Å². The summed E-state index contributed by atoms with van der Waals surface area (Å²) in [5, 5.41) is 2.68. The van der Waals surface area contributed by atoms with Crippen molar-refractivity contribution in [3.05, 3.63) is 65.7 Å². The van der Waals surface area contributed by atoms with Crippen LogP contribution in [0.25, 0.3) is 0 Å². The molecule has 0 spiro atoms. The second kappa shape index (κ2) is 9.30. The van der Waals surface area contributed by atoms with Gasteiger partial charge in [-0.15, -0.1) is 0 Å². The first-order valence-corrected chi connectivity index (χ1v) is 9.12. The Kier molecular flexibility index (Phi) is 6.57. The van der Waals surface area contributed by atoms with Gasteiger partial charge in [0.05, 0.1) is 6.54 Å². The maximum atomic E-state index is 12.4. The van der Waals surface area contributed by atoms with E-state index in [0.717, 1.165) is 31.7 Å². The number of benzene rings is 2. The Morgan fingerprint density at radius 3 is 2.30 bits per heavy atom. The number of Topliss-reactive ketones (excluding diaryl/α,β-unsaturated/α-hetero) is 1. The molecular weight excluding hydrogens is 342 g/mol. The molecule has 1 fully saturated rings. The van der Waals surface area contributed by atoms with Crippen molar-refractivity contribution in [1.82, 2.24) is 9.80 Å². The highest BCUT2D eigenvalue weighted by Gasteiger charge is 2.17. The van der Waals surface area contributed by atoms with Crippen LogP contribution in [0, 0.1) is 0 Å². The zero-order valence-corrected chi connectivity index (χ0v) is 15.6. The molecule has 0 aliphatic carbocycles. The van der Waals surface area contributed by atoms with Crippen molar-refractivity contribution >= 4 is 17.6 Å². The molecule has 2 aromatic carbocycles. The monoisotopic (exact) mass is 367 g/mol. The molecule has 1 amide bonds. The fourth-order valence-electron chi connectivity index (χ4n) is 2.92. The lowest BCUT2D eigenvalue weighted by Crippen LogP contribution is -2.46. The second-order valence-corrected chi connectivity index (χ2v) is 6.77. The topological polar surface area (TPSA) is 61.9 Å². The Balaban J connectivity index is 1.46. The summed E-state index contributed by atoms with van der Waals surface area (Å²) < 4.78 is 5.19. The Morgan fingerprint density at radius 1 is 0.963 bits per heavy atom. The van der Waals surface area contributed by atoms with Crippen LogP contribution in [0.5, 0.6) is 0 Å². The Bertz CT molecular complexity index is 754. The van der Waals surface area contributed by atoms with Crippen LogP contribution in [0.15, 0.2) is 54.6 Å². The van der Waals surface area contributed by atoms with Gasteiger partial charge in [0.15, 0.2) is 5.78 Å². The van der Waals surface area contributed by atoms with Gasteiger partial charge in [-0.25, -0.2) is 4.79 Å². The number of nitrogens with one attached hydrogen (secondary N) is 1. The zero-order valence-electron chi connectivity index (χ0n) is 15.6. The van der Waals surface area contributed by atoms with Crippen molar-refractivity contribution in [2.24, 2.45) is 0 Å². The van der Waals surface area contributed by atoms with Crippen LogP contribution in [0.4, 0.5) is 10.5 Å². The van der Waals surface area contributed by atoms with Gasteiger partial charge in [-0.1, -0.05) is 30.3 Å². The van der Waals surface area contributed by atoms with Crippen molar-refractivity contribution < 1.29 is 14.3 Å². The van der Waals surface area contributed by atoms with E-state index in [-0.39, 0.29) is 12.4 Å².